The number of carboxylic acids is 1. The fourth-order valence-corrected chi connectivity index (χ4v) is 3.63. The molecule has 0 unspecified atom stereocenters. The molecule has 3 radical (unpaired) electrons. The second-order valence-electron chi connectivity index (χ2n) is 10.7. The zero-order chi connectivity index (χ0) is 30.8. The number of carboxylic acid groups (broad SMARTS) is 1. The summed E-state index contributed by atoms with van der Waals surface area (Å²) in [6.45, 7) is 13.7. The van der Waals surface area contributed by atoms with E-state index in [4.69, 9.17) is 60.5 Å². The van der Waals surface area contributed by atoms with Crippen LogP contribution in [0.3, 0.4) is 0 Å². The quantitative estimate of drug-likeness (QED) is 0.142. The number of aliphatic hydroxyl groups is 1. The first-order valence-corrected chi connectivity index (χ1v) is 22.2. The van der Waals surface area contributed by atoms with E-state index in [1.54, 1.807) is 24.3 Å². The molecule has 0 amide bonds. The van der Waals surface area contributed by atoms with Gasteiger partial charge in [-0.3, -0.25) is 0 Å². The van der Waals surface area contributed by atoms with E-state index in [0.29, 0.717) is 23.2 Å². The molecular formula is C30H42BCl4O4Si2. The second-order valence-corrected chi connectivity index (χ2v) is 23.5. The van der Waals surface area contributed by atoms with Gasteiger partial charge in [0.1, 0.15) is 7.38 Å². The van der Waals surface area contributed by atoms with Gasteiger partial charge in [0.25, 0.3) is 0 Å². The first-order valence-electron chi connectivity index (χ1n) is 12.7. The predicted molar refractivity (Wildman–Crippen MR) is 184 cm³/mol. The highest BCUT2D eigenvalue weighted by molar-refractivity contribution is 7.18. The Labute approximate surface area is 270 Å². The van der Waals surface area contributed by atoms with Gasteiger partial charge in [-0.25, -0.2) is 4.79 Å². The SMILES string of the molecule is C[Si](C)(C)Cl.C[Si](C)(C)OCc1ccc(CCl)cc1.O=C(O)c1ccc(CCl)cc1.OCc1ccc(CCl)cc1.[B]. The number of benzene rings is 3. The third-order valence-electron chi connectivity index (χ3n) is 4.56. The third kappa shape index (κ3) is 23.9. The Bertz CT molecular complexity index is 1060. The largest absolute Gasteiger partial charge is 0.478 e. The smallest absolute Gasteiger partial charge is 0.335 e. The van der Waals surface area contributed by atoms with Crippen molar-refractivity contribution in [2.24, 2.45) is 0 Å². The summed E-state index contributed by atoms with van der Waals surface area (Å²) >= 11 is 22.4. The number of alkyl halides is 3. The molecule has 41 heavy (non-hydrogen) atoms. The molecular weight excluding hydrogens is 633 g/mol. The minimum absolute atomic E-state index is 0. The Hall–Kier alpha value is -1.29. The van der Waals surface area contributed by atoms with E-state index in [9.17, 15) is 4.79 Å². The van der Waals surface area contributed by atoms with Crippen LogP contribution in [0.5, 0.6) is 0 Å². The van der Waals surface area contributed by atoms with Crippen LogP contribution < -0.4 is 0 Å². The molecule has 0 aliphatic carbocycles. The molecule has 11 heteroatoms. The minimum Gasteiger partial charge on any atom is -0.478 e. The normalized spacial score (nSPS) is 10.4. The van der Waals surface area contributed by atoms with Crippen LogP contribution in [0.2, 0.25) is 39.3 Å². The average Bonchev–Trinajstić information content (AvgIpc) is 2.91. The summed E-state index contributed by atoms with van der Waals surface area (Å²) in [5.74, 6) is 0.618. The zero-order valence-corrected chi connectivity index (χ0v) is 29.8. The van der Waals surface area contributed by atoms with Crippen LogP contribution in [0.15, 0.2) is 72.8 Å². The number of aliphatic hydroxyl groups excluding tert-OH is 1. The van der Waals surface area contributed by atoms with Gasteiger partial charge in [0, 0.05) is 26.1 Å². The van der Waals surface area contributed by atoms with Gasteiger partial charge in [-0.05, 0) is 59.6 Å². The molecule has 0 fully saturated rings. The summed E-state index contributed by atoms with van der Waals surface area (Å²) in [6.07, 6.45) is 0. The third-order valence-corrected chi connectivity index (χ3v) is 6.50. The molecule has 0 saturated heterocycles. The van der Waals surface area contributed by atoms with Crippen LogP contribution in [0.4, 0.5) is 0 Å². The van der Waals surface area contributed by atoms with Crippen molar-refractivity contribution in [3.8, 4) is 0 Å². The van der Waals surface area contributed by atoms with Crippen LogP contribution >= 0.6 is 45.9 Å². The molecule has 3 rings (SSSR count). The van der Waals surface area contributed by atoms with Crippen LogP contribution in [0.1, 0.15) is 38.2 Å². The lowest BCUT2D eigenvalue weighted by Crippen LogP contribution is -2.24. The van der Waals surface area contributed by atoms with Crippen molar-refractivity contribution in [2.75, 3.05) is 0 Å². The molecule has 0 spiro atoms. The maximum atomic E-state index is 10.4. The lowest BCUT2D eigenvalue weighted by atomic mass is 10.1. The zero-order valence-electron chi connectivity index (χ0n) is 24.8. The Morgan fingerprint density at radius 2 is 0.951 bits per heavy atom. The van der Waals surface area contributed by atoms with Crippen molar-refractivity contribution in [3.63, 3.8) is 0 Å². The number of hydrogen-bond donors (Lipinski definition) is 2. The number of halogens is 4. The number of aromatic carboxylic acids is 1. The van der Waals surface area contributed by atoms with Gasteiger partial charge >= 0.3 is 5.97 Å². The van der Waals surface area contributed by atoms with Gasteiger partial charge in [-0.2, -0.15) is 11.1 Å². The van der Waals surface area contributed by atoms with Crippen LogP contribution in [-0.4, -0.2) is 40.3 Å². The Kier molecular flexibility index (Phi) is 22.7. The van der Waals surface area contributed by atoms with Gasteiger partial charge in [0.2, 0.25) is 0 Å². The van der Waals surface area contributed by atoms with Crippen molar-refractivity contribution in [3.05, 3.63) is 106 Å². The standard InChI is InChI=1S/C11H17ClOSi.C8H7ClO2.C8H9ClO.C3H9ClSi.B/c1-14(2,3)13-9-11-6-4-10(8-12)5-7-11;9-5-6-1-3-7(4-2-6)8(10)11;9-5-7-1-3-8(6-10)4-2-7;1-5(2,3)4;/h4-7H,8-9H2,1-3H3;1-4H,5H2,(H,10,11);1-4,10H,5-6H2;1-3H3;. The maximum absolute atomic E-state index is 10.4. The number of rotatable bonds is 8. The molecule has 0 aliphatic heterocycles. The van der Waals surface area contributed by atoms with Gasteiger partial charge in [0.15, 0.2) is 8.32 Å². The molecule has 3 aromatic rings. The van der Waals surface area contributed by atoms with E-state index in [2.05, 4.69) is 63.5 Å². The predicted octanol–water partition coefficient (Wildman–Crippen LogP) is 9.50. The molecule has 0 heterocycles. The van der Waals surface area contributed by atoms with Crippen molar-refractivity contribution < 1.29 is 19.4 Å². The van der Waals surface area contributed by atoms with Gasteiger partial charge in [-0.1, -0.05) is 80.3 Å². The molecule has 0 aliphatic rings. The van der Waals surface area contributed by atoms with E-state index < -0.39 is 21.7 Å². The lowest BCUT2D eigenvalue weighted by molar-refractivity contribution is 0.0697. The fourth-order valence-electron chi connectivity index (χ4n) is 2.49. The van der Waals surface area contributed by atoms with Gasteiger partial charge in [-0.15, -0.1) is 34.8 Å². The molecule has 0 saturated carbocycles. The summed E-state index contributed by atoms with van der Waals surface area (Å²) in [7, 11) is -2.53. The van der Waals surface area contributed by atoms with E-state index in [-0.39, 0.29) is 15.0 Å². The maximum Gasteiger partial charge on any atom is 0.335 e. The van der Waals surface area contributed by atoms with Crippen molar-refractivity contribution >= 4 is 76.0 Å². The van der Waals surface area contributed by atoms with E-state index in [1.807, 2.05) is 24.3 Å². The van der Waals surface area contributed by atoms with Crippen molar-refractivity contribution in [2.45, 2.75) is 70.1 Å². The Morgan fingerprint density at radius 3 is 1.22 bits per heavy atom. The Morgan fingerprint density at radius 1 is 0.659 bits per heavy atom. The van der Waals surface area contributed by atoms with Crippen molar-refractivity contribution in [1.82, 2.24) is 0 Å². The van der Waals surface area contributed by atoms with E-state index in [0.717, 1.165) is 28.9 Å². The van der Waals surface area contributed by atoms with E-state index in [1.165, 1.54) is 5.56 Å². The van der Waals surface area contributed by atoms with E-state index >= 15 is 0 Å². The van der Waals surface area contributed by atoms with Gasteiger partial charge < -0.3 is 14.6 Å². The summed E-state index contributed by atoms with van der Waals surface area (Å²) in [6, 6.07) is 22.3. The molecule has 225 valence electrons. The van der Waals surface area contributed by atoms with Crippen molar-refractivity contribution in [1.29, 1.82) is 0 Å². The topological polar surface area (TPSA) is 66.8 Å². The lowest BCUT2D eigenvalue weighted by Gasteiger charge is -2.17. The first kappa shape index (κ1) is 41.8. The summed E-state index contributed by atoms with van der Waals surface area (Å²) < 4.78 is 5.79. The second kappa shape index (κ2) is 22.3. The molecule has 0 bridgehead atoms. The highest BCUT2D eigenvalue weighted by Crippen LogP contribution is 2.11. The fraction of sp³-hybridized carbons (Fsp3) is 0.367. The van der Waals surface area contributed by atoms with Crippen LogP contribution in [0.25, 0.3) is 0 Å². The molecule has 0 aromatic heterocycles. The average molecular weight is 675 g/mol. The minimum atomic E-state index is -1.39. The monoisotopic (exact) mass is 673 g/mol. The highest BCUT2D eigenvalue weighted by Gasteiger charge is 2.13. The molecule has 0 atom stereocenters. The number of hydrogen-bond acceptors (Lipinski definition) is 3. The highest BCUT2D eigenvalue weighted by atomic mass is 35.6. The van der Waals surface area contributed by atoms with Crippen LogP contribution in [-0.2, 0) is 35.3 Å². The van der Waals surface area contributed by atoms with Crippen LogP contribution in [0, 0.1) is 0 Å². The molecule has 2 N–H and O–H groups in total. The van der Waals surface area contributed by atoms with Gasteiger partial charge in [0.05, 0.1) is 18.8 Å². The summed E-state index contributed by atoms with van der Waals surface area (Å²) in [5.41, 5.74) is 5.60. The summed E-state index contributed by atoms with van der Waals surface area (Å²) in [4.78, 5) is 10.4. The molecule has 4 nitrogen and oxygen atoms in total. The molecule has 3 aromatic carbocycles. The Balaban J connectivity index is 0. The first-order chi connectivity index (χ1) is 18.6. The summed E-state index contributed by atoms with van der Waals surface area (Å²) in [5, 5.41) is 17.2. The number of carbonyl (C=O) groups is 1.